The number of benzene rings is 3. The Kier molecular flexibility index (Phi) is 13.6. The predicted octanol–water partition coefficient (Wildman–Crippen LogP) is 6.47. The Morgan fingerprint density at radius 1 is 0.925 bits per heavy atom. The molecule has 1 N–H and O–H groups in total. The lowest BCUT2D eigenvalue weighted by atomic mass is 9.80. The summed E-state index contributed by atoms with van der Waals surface area (Å²) in [5.74, 6) is 1.40. The summed E-state index contributed by atoms with van der Waals surface area (Å²) in [6.07, 6.45) is 0.278. The highest BCUT2D eigenvalue weighted by atomic mass is 31.2. The van der Waals surface area contributed by atoms with E-state index in [1.807, 2.05) is 78.9 Å². The average Bonchev–Trinajstić information content (AvgIpc) is 3.55. The zero-order valence-corrected chi connectivity index (χ0v) is 32.2. The van der Waals surface area contributed by atoms with Gasteiger partial charge in [0.15, 0.2) is 0 Å². The summed E-state index contributed by atoms with van der Waals surface area (Å²) in [6.45, 7) is 10.2. The monoisotopic (exact) mass is 744 g/mol. The number of hydrogen-bond acceptors (Lipinski definition) is 10. The normalized spacial score (nSPS) is 18.0. The van der Waals surface area contributed by atoms with Crippen molar-refractivity contribution in [3.8, 4) is 17.6 Å². The zero-order chi connectivity index (χ0) is 38.1. The number of hydrogen-bond donors (Lipinski definition) is 1. The minimum atomic E-state index is -1.74. The Hall–Kier alpha value is -4.34. The standard InChI is InChI=1S/C40H49N4O8P/c1-27(2)44(28(3)4)53(51-23-11-22-41)52-37-35(43-24-29(5)38(45)42-39(43)46)25-49-36(37)26-50-40(30-12-9-8-10-13-30,31-14-18-33(47-6)19-15-31)32-16-20-34(48-7)21-17-32/h8-10,12-21,24,27-28,35-37H,11,23,25-26H2,1-7H3,(H,42,45,46)/t35-,36?,37+,53?/m0/s1. The summed E-state index contributed by atoms with van der Waals surface area (Å²) >= 11 is 0. The van der Waals surface area contributed by atoms with Crippen molar-refractivity contribution in [3.63, 3.8) is 0 Å². The lowest BCUT2D eigenvalue weighted by molar-refractivity contribution is -0.0679. The maximum absolute atomic E-state index is 13.3. The SMILES string of the molecule is COc1ccc(C(OCC2OC[C@H](n3cc(C)c(=O)[nH]c3=O)[C@H]2OP(OCCC#N)N(C(C)C)C(C)C)(c2ccccc2)c2ccc(OC)cc2)cc1. The van der Waals surface area contributed by atoms with Crippen LogP contribution in [-0.4, -0.2) is 72.6 Å². The van der Waals surface area contributed by atoms with Crippen LogP contribution in [0.15, 0.2) is 94.6 Å². The van der Waals surface area contributed by atoms with Crippen molar-refractivity contribution in [2.45, 2.75) is 77.0 Å². The molecule has 13 heteroatoms. The first-order chi connectivity index (χ1) is 25.5. The van der Waals surface area contributed by atoms with Gasteiger partial charge in [-0.3, -0.25) is 14.3 Å². The van der Waals surface area contributed by atoms with Crippen molar-refractivity contribution >= 4 is 8.53 Å². The number of rotatable bonds is 17. The van der Waals surface area contributed by atoms with E-state index in [2.05, 4.69) is 43.4 Å². The maximum Gasteiger partial charge on any atom is 0.328 e. The molecule has 4 atom stereocenters. The van der Waals surface area contributed by atoms with E-state index in [0.29, 0.717) is 17.1 Å². The summed E-state index contributed by atoms with van der Waals surface area (Å²) in [4.78, 5) is 28.2. The first-order valence-corrected chi connectivity index (χ1v) is 18.8. The molecule has 1 fully saturated rings. The minimum absolute atomic E-state index is 0.0348. The second kappa shape index (κ2) is 18.1. The fourth-order valence-electron chi connectivity index (χ4n) is 6.69. The van der Waals surface area contributed by atoms with Crippen LogP contribution in [0, 0.1) is 18.3 Å². The van der Waals surface area contributed by atoms with Gasteiger partial charge >= 0.3 is 5.69 Å². The van der Waals surface area contributed by atoms with Crippen LogP contribution in [0.3, 0.4) is 0 Å². The van der Waals surface area contributed by atoms with Crippen molar-refractivity contribution in [1.82, 2.24) is 14.2 Å². The molecule has 4 aromatic rings. The minimum Gasteiger partial charge on any atom is -0.497 e. The van der Waals surface area contributed by atoms with Gasteiger partial charge in [0.1, 0.15) is 29.3 Å². The van der Waals surface area contributed by atoms with Gasteiger partial charge in [-0.1, -0.05) is 54.6 Å². The largest absolute Gasteiger partial charge is 0.497 e. The van der Waals surface area contributed by atoms with Crippen LogP contribution in [0.1, 0.15) is 62.4 Å². The maximum atomic E-state index is 13.3. The van der Waals surface area contributed by atoms with Crippen LogP contribution in [-0.2, 0) is 24.1 Å². The second-order valence-corrected chi connectivity index (χ2v) is 14.8. The number of H-pyrrole nitrogens is 1. The lowest BCUT2D eigenvalue weighted by Crippen LogP contribution is -2.43. The molecule has 1 aromatic heterocycles. The number of ether oxygens (including phenoxy) is 4. The topological polar surface area (TPSA) is 137 Å². The molecule has 1 aliphatic heterocycles. The predicted molar refractivity (Wildman–Crippen MR) is 203 cm³/mol. The number of methoxy groups -OCH3 is 2. The van der Waals surface area contributed by atoms with Gasteiger partial charge in [-0.25, -0.2) is 9.46 Å². The molecule has 0 spiro atoms. The molecule has 3 aromatic carbocycles. The smallest absolute Gasteiger partial charge is 0.328 e. The Morgan fingerprint density at radius 2 is 1.49 bits per heavy atom. The van der Waals surface area contributed by atoms with Crippen LogP contribution in [0.4, 0.5) is 0 Å². The van der Waals surface area contributed by atoms with Crippen molar-refractivity contribution in [2.75, 3.05) is 34.0 Å². The summed E-state index contributed by atoms with van der Waals surface area (Å²) in [7, 11) is 1.51. The molecular weight excluding hydrogens is 695 g/mol. The van der Waals surface area contributed by atoms with Crippen LogP contribution in [0.2, 0.25) is 0 Å². The summed E-state index contributed by atoms with van der Waals surface area (Å²) in [5, 5.41) is 9.32. The highest BCUT2D eigenvalue weighted by molar-refractivity contribution is 7.44. The third kappa shape index (κ3) is 8.90. The van der Waals surface area contributed by atoms with Crippen LogP contribution in [0.5, 0.6) is 11.5 Å². The van der Waals surface area contributed by atoms with Gasteiger partial charge in [-0.05, 0) is 75.6 Å². The summed E-state index contributed by atoms with van der Waals surface area (Å²) in [6, 6.07) is 27.1. The molecule has 53 heavy (non-hydrogen) atoms. The summed E-state index contributed by atoms with van der Waals surface area (Å²) in [5.41, 5.74) is 0.795. The Labute approximate surface area is 312 Å². The molecule has 282 valence electrons. The number of nitrogens with zero attached hydrogens (tertiary/aromatic N) is 3. The van der Waals surface area contributed by atoms with Gasteiger partial charge in [0.05, 0.1) is 52.6 Å². The Bertz CT molecular complexity index is 1870. The van der Waals surface area contributed by atoms with E-state index in [-0.39, 0.29) is 38.3 Å². The van der Waals surface area contributed by atoms with Gasteiger partial charge in [-0.15, -0.1) is 0 Å². The Morgan fingerprint density at radius 3 is 2.02 bits per heavy atom. The first-order valence-electron chi connectivity index (χ1n) is 17.7. The van der Waals surface area contributed by atoms with Crippen molar-refractivity contribution in [3.05, 3.63) is 128 Å². The number of nitrogens with one attached hydrogen (secondary N) is 1. The van der Waals surface area contributed by atoms with Crippen LogP contribution < -0.4 is 20.7 Å². The number of aryl methyl sites for hydroxylation is 1. The molecule has 0 amide bonds. The molecule has 0 radical (unpaired) electrons. The third-order valence-electron chi connectivity index (χ3n) is 9.24. The van der Waals surface area contributed by atoms with Crippen molar-refractivity contribution < 1.29 is 28.0 Å². The van der Waals surface area contributed by atoms with Gasteiger partial charge in [-0.2, -0.15) is 5.26 Å². The number of aromatic nitrogens is 2. The number of nitriles is 1. The molecular formula is C40H49N4O8P. The van der Waals surface area contributed by atoms with Crippen molar-refractivity contribution in [2.24, 2.45) is 0 Å². The van der Waals surface area contributed by atoms with Crippen LogP contribution in [0.25, 0.3) is 0 Å². The first kappa shape index (κ1) is 39.9. The fourth-order valence-corrected chi connectivity index (χ4v) is 8.48. The Balaban J connectivity index is 1.62. The zero-order valence-electron chi connectivity index (χ0n) is 31.4. The second-order valence-electron chi connectivity index (χ2n) is 13.3. The highest BCUT2D eigenvalue weighted by Gasteiger charge is 2.46. The molecule has 0 saturated carbocycles. The average molecular weight is 745 g/mol. The molecule has 1 saturated heterocycles. The van der Waals surface area contributed by atoms with Crippen molar-refractivity contribution in [1.29, 1.82) is 5.26 Å². The summed E-state index contributed by atoms with van der Waals surface area (Å²) < 4.78 is 41.6. The molecule has 0 bridgehead atoms. The highest BCUT2D eigenvalue weighted by Crippen LogP contribution is 2.50. The van der Waals surface area contributed by atoms with E-state index in [0.717, 1.165) is 16.7 Å². The fraction of sp³-hybridized carbons (Fsp3) is 0.425. The molecule has 1 aliphatic rings. The third-order valence-corrected chi connectivity index (χ3v) is 11.4. The van der Waals surface area contributed by atoms with Gasteiger partial charge < -0.3 is 28.0 Å². The van der Waals surface area contributed by atoms with E-state index in [9.17, 15) is 14.9 Å². The molecule has 2 heterocycles. The van der Waals surface area contributed by atoms with E-state index in [4.69, 9.17) is 28.0 Å². The van der Waals surface area contributed by atoms with E-state index >= 15 is 0 Å². The van der Waals surface area contributed by atoms with Crippen LogP contribution >= 0.6 is 8.53 Å². The molecule has 5 rings (SSSR count). The molecule has 12 nitrogen and oxygen atoms in total. The van der Waals surface area contributed by atoms with Gasteiger partial charge in [0.2, 0.25) is 0 Å². The van der Waals surface area contributed by atoms with Gasteiger partial charge in [0, 0.05) is 23.8 Å². The van der Waals surface area contributed by atoms with E-state index in [1.54, 1.807) is 27.3 Å². The lowest BCUT2D eigenvalue weighted by Gasteiger charge is -2.39. The van der Waals surface area contributed by atoms with Gasteiger partial charge in [0.25, 0.3) is 14.1 Å². The molecule has 2 unspecified atom stereocenters. The quantitative estimate of drug-likeness (QED) is 0.0728. The van der Waals surface area contributed by atoms with E-state index < -0.39 is 43.6 Å². The molecule has 0 aliphatic carbocycles. The number of aromatic amines is 1. The van der Waals surface area contributed by atoms with E-state index in [1.165, 1.54) is 4.57 Å².